The second-order valence-electron chi connectivity index (χ2n) is 4.06. The Morgan fingerprint density at radius 2 is 1.94 bits per heavy atom. The van der Waals surface area contributed by atoms with Crippen molar-refractivity contribution < 1.29 is 0 Å². The van der Waals surface area contributed by atoms with Gasteiger partial charge in [0.25, 0.3) is 0 Å². The van der Waals surface area contributed by atoms with E-state index in [1.807, 2.05) is 0 Å². The topological polar surface area (TPSA) is 12.0 Å². The molecule has 0 aliphatic rings. The van der Waals surface area contributed by atoms with Crippen LogP contribution in [0.5, 0.6) is 0 Å². The van der Waals surface area contributed by atoms with Crippen LogP contribution >= 0.6 is 27.3 Å². The fourth-order valence-electron chi connectivity index (χ4n) is 1.72. The van der Waals surface area contributed by atoms with Gasteiger partial charge in [-0.25, -0.2) is 0 Å². The fraction of sp³-hybridized carbons (Fsp3) is 0.286. The van der Waals surface area contributed by atoms with Gasteiger partial charge < -0.3 is 5.32 Å². The number of benzene rings is 1. The predicted molar refractivity (Wildman–Crippen MR) is 79.8 cm³/mol. The van der Waals surface area contributed by atoms with Gasteiger partial charge in [0.05, 0.1) is 3.79 Å². The third-order valence-corrected chi connectivity index (χ3v) is 4.16. The number of anilines is 1. The molecule has 0 spiro atoms. The lowest BCUT2D eigenvalue weighted by Gasteiger charge is -2.06. The van der Waals surface area contributed by atoms with Crippen LogP contribution in [0.25, 0.3) is 0 Å². The third-order valence-electron chi connectivity index (χ3n) is 2.61. The van der Waals surface area contributed by atoms with Crippen LogP contribution in [-0.2, 0) is 13.0 Å². The summed E-state index contributed by atoms with van der Waals surface area (Å²) in [7, 11) is 0. The Morgan fingerprint density at radius 3 is 2.53 bits per heavy atom. The summed E-state index contributed by atoms with van der Waals surface area (Å²) in [5.41, 5.74) is 3.92. The molecular formula is C14H16BrNS. The maximum Gasteiger partial charge on any atom is 0.0701 e. The lowest BCUT2D eigenvalue weighted by molar-refractivity contribution is 0.922. The fourth-order valence-corrected chi connectivity index (χ4v) is 2.93. The first kappa shape index (κ1) is 12.7. The minimum Gasteiger partial charge on any atom is -0.381 e. The summed E-state index contributed by atoms with van der Waals surface area (Å²) in [6, 6.07) is 10.9. The summed E-state index contributed by atoms with van der Waals surface area (Å²) in [6.45, 7) is 3.09. The van der Waals surface area contributed by atoms with Gasteiger partial charge in [-0.1, -0.05) is 25.5 Å². The average Bonchev–Trinajstić information content (AvgIpc) is 2.75. The number of thiophene rings is 1. The van der Waals surface area contributed by atoms with Crippen LogP contribution in [0.15, 0.2) is 39.5 Å². The Labute approximate surface area is 115 Å². The Kier molecular flexibility index (Phi) is 4.63. The normalized spacial score (nSPS) is 10.5. The summed E-state index contributed by atoms with van der Waals surface area (Å²) >= 11 is 5.20. The van der Waals surface area contributed by atoms with Gasteiger partial charge >= 0.3 is 0 Å². The second kappa shape index (κ2) is 6.22. The molecule has 0 aliphatic heterocycles. The van der Waals surface area contributed by atoms with Gasteiger partial charge in [0.2, 0.25) is 0 Å². The van der Waals surface area contributed by atoms with Gasteiger partial charge in [-0.2, -0.15) is 0 Å². The number of rotatable bonds is 5. The zero-order valence-electron chi connectivity index (χ0n) is 9.87. The van der Waals surface area contributed by atoms with E-state index in [4.69, 9.17) is 0 Å². The van der Waals surface area contributed by atoms with Crippen LogP contribution in [0.4, 0.5) is 5.69 Å². The first-order valence-corrected chi connectivity index (χ1v) is 7.51. The molecule has 0 fully saturated rings. The molecule has 0 amide bonds. The quantitative estimate of drug-likeness (QED) is 0.812. The van der Waals surface area contributed by atoms with Crippen LogP contribution < -0.4 is 5.32 Å². The van der Waals surface area contributed by atoms with E-state index in [1.54, 1.807) is 11.3 Å². The highest BCUT2D eigenvalue weighted by Crippen LogP contribution is 2.21. The van der Waals surface area contributed by atoms with E-state index >= 15 is 0 Å². The zero-order chi connectivity index (χ0) is 12.1. The largest absolute Gasteiger partial charge is 0.381 e. The first-order valence-electron chi connectivity index (χ1n) is 5.83. The van der Waals surface area contributed by atoms with Crippen LogP contribution in [0.3, 0.4) is 0 Å². The first-order chi connectivity index (χ1) is 8.28. The Balaban J connectivity index is 1.90. The molecule has 90 valence electrons. The summed E-state index contributed by atoms with van der Waals surface area (Å²) in [4.78, 5) is 0. The predicted octanol–water partition coefficient (Wildman–Crippen LogP) is 5.08. The van der Waals surface area contributed by atoms with Gasteiger partial charge in [0, 0.05) is 12.2 Å². The molecule has 17 heavy (non-hydrogen) atoms. The molecule has 1 aromatic carbocycles. The number of nitrogens with one attached hydrogen (secondary N) is 1. The molecule has 0 bridgehead atoms. The molecule has 0 aliphatic carbocycles. The van der Waals surface area contributed by atoms with Gasteiger partial charge in [-0.15, -0.1) is 11.3 Å². The molecule has 0 saturated heterocycles. The van der Waals surface area contributed by atoms with E-state index in [-0.39, 0.29) is 0 Å². The smallest absolute Gasteiger partial charge is 0.0701 e. The summed E-state index contributed by atoms with van der Waals surface area (Å²) in [6.07, 6.45) is 2.37. The Bertz CT molecular complexity index is 461. The lowest BCUT2D eigenvalue weighted by Crippen LogP contribution is -1.97. The van der Waals surface area contributed by atoms with Crippen molar-refractivity contribution in [3.05, 3.63) is 50.6 Å². The maximum absolute atomic E-state index is 3.48. The summed E-state index contributed by atoms with van der Waals surface area (Å²) < 4.78 is 1.19. The van der Waals surface area contributed by atoms with Crippen molar-refractivity contribution in [2.75, 3.05) is 5.32 Å². The molecule has 2 aromatic rings. The molecule has 0 unspecified atom stereocenters. The van der Waals surface area contributed by atoms with Gasteiger partial charge in [-0.05, 0) is 57.1 Å². The number of halogens is 1. The minimum atomic E-state index is 0.884. The van der Waals surface area contributed by atoms with Crippen LogP contribution in [0.2, 0.25) is 0 Å². The summed E-state index contributed by atoms with van der Waals surface area (Å²) in [5.74, 6) is 0. The minimum absolute atomic E-state index is 0.884. The molecule has 1 aromatic heterocycles. The van der Waals surface area contributed by atoms with Crippen molar-refractivity contribution in [3.63, 3.8) is 0 Å². The molecule has 0 saturated carbocycles. The van der Waals surface area contributed by atoms with E-state index in [1.165, 1.54) is 27.0 Å². The van der Waals surface area contributed by atoms with Crippen molar-refractivity contribution in [2.24, 2.45) is 0 Å². The molecule has 0 radical (unpaired) electrons. The molecule has 1 N–H and O–H groups in total. The number of hydrogen-bond acceptors (Lipinski definition) is 2. The molecule has 0 atom stereocenters. The zero-order valence-corrected chi connectivity index (χ0v) is 12.3. The van der Waals surface area contributed by atoms with E-state index in [0.29, 0.717) is 0 Å². The number of aryl methyl sites for hydroxylation is 1. The van der Waals surface area contributed by atoms with Crippen molar-refractivity contribution in [3.8, 4) is 0 Å². The van der Waals surface area contributed by atoms with E-state index in [9.17, 15) is 0 Å². The van der Waals surface area contributed by atoms with Crippen molar-refractivity contribution in [2.45, 2.75) is 26.3 Å². The molecule has 3 heteroatoms. The van der Waals surface area contributed by atoms with Gasteiger partial charge in [0.15, 0.2) is 0 Å². The lowest BCUT2D eigenvalue weighted by atomic mass is 10.1. The van der Waals surface area contributed by atoms with Crippen molar-refractivity contribution >= 4 is 33.0 Å². The highest BCUT2D eigenvalue weighted by atomic mass is 79.9. The maximum atomic E-state index is 3.48. The Morgan fingerprint density at radius 1 is 1.18 bits per heavy atom. The van der Waals surface area contributed by atoms with E-state index in [0.717, 1.165) is 13.0 Å². The number of hydrogen-bond donors (Lipinski definition) is 1. The second-order valence-corrected chi connectivity index (χ2v) is 6.35. The van der Waals surface area contributed by atoms with E-state index in [2.05, 4.69) is 63.9 Å². The highest BCUT2D eigenvalue weighted by Gasteiger charge is 1.98. The van der Waals surface area contributed by atoms with Gasteiger partial charge in [-0.3, -0.25) is 0 Å². The monoisotopic (exact) mass is 309 g/mol. The summed E-state index contributed by atoms with van der Waals surface area (Å²) in [5, 5.41) is 5.60. The molecule has 1 heterocycles. The van der Waals surface area contributed by atoms with Gasteiger partial charge in [0.1, 0.15) is 0 Å². The van der Waals surface area contributed by atoms with Crippen LogP contribution in [0.1, 0.15) is 24.5 Å². The van der Waals surface area contributed by atoms with Crippen molar-refractivity contribution in [1.82, 2.24) is 0 Å². The van der Waals surface area contributed by atoms with Crippen LogP contribution in [0, 0.1) is 0 Å². The van der Waals surface area contributed by atoms with Crippen molar-refractivity contribution in [1.29, 1.82) is 0 Å². The third kappa shape index (κ3) is 3.86. The Hall–Kier alpha value is -0.800. The van der Waals surface area contributed by atoms with E-state index < -0.39 is 0 Å². The molecule has 2 rings (SSSR count). The molecule has 1 nitrogen and oxygen atoms in total. The molecular weight excluding hydrogens is 294 g/mol. The van der Waals surface area contributed by atoms with Crippen LogP contribution in [-0.4, -0.2) is 0 Å². The highest BCUT2D eigenvalue weighted by molar-refractivity contribution is 9.11. The standard InChI is InChI=1S/C14H16BrNS/c1-2-3-11-4-6-13(7-5-11)16-9-12-8-14(15)17-10-12/h4-8,10,16H,2-3,9H2,1H3. The SMILES string of the molecule is CCCc1ccc(NCc2csc(Br)c2)cc1. The average molecular weight is 310 g/mol.